The molecule has 1 fully saturated rings. The van der Waals surface area contributed by atoms with Crippen LogP contribution in [0.4, 0.5) is 8.78 Å². The van der Waals surface area contributed by atoms with Gasteiger partial charge in [-0.05, 0) is 42.1 Å². The van der Waals surface area contributed by atoms with Gasteiger partial charge in [0.25, 0.3) is 11.8 Å². The lowest BCUT2D eigenvalue weighted by Gasteiger charge is -2.14. The highest BCUT2D eigenvalue weighted by Gasteiger charge is 2.34. The number of ether oxygens (including phenoxy) is 1. The Bertz CT molecular complexity index is 827. The lowest BCUT2D eigenvalue weighted by atomic mass is 10.2. The molecule has 1 heterocycles. The fourth-order valence-electron chi connectivity index (χ4n) is 2.67. The maximum Gasteiger partial charge on any atom is 0.279 e. The Hall–Kier alpha value is -1.86. The second-order valence-corrected chi connectivity index (χ2v) is 8.96. The number of carbonyl (C=O) groups is 1. The largest absolute Gasteiger partial charge is 0.456 e. The van der Waals surface area contributed by atoms with Crippen molar-refractivity contribution in [1.82, 2.24) is 5.32 Å². The highest BCUT2D eigenvalue weighted by molar-refractivity contribution is 8.02. The molecule has 1 aromatic heterocycles. The van der Waals surface area contributed by atoms with Crippen LogP contribution in [0, 0.1) is 5.92 Å². The second-order valence-electron chi connectivity index (χ2n) is 6.73. The molecular formula is C21H23F2NO2S2. The number of carbonyl (C=O) groups excluding carboxylic acids is 1. The first kappa shape index (κ1) is 20.9. The third-order valence-electron chi connectivity index (χ3n) is 4.28. The van der Waals surface area contributed by atoms with E-state index in [4.69, 9.17) is 4.74 Å². The van der Waals surface area contributed by atoms with Crippen molar-refractivity contribution >= 4 is 29.0 Å². The fourth-order valence-corrected chi connectivity index (χ4v) is 4.06. The predicted octanol–water partition coefficient (Wildman–Crippen LogP) is 6.43. The molecule has 2 aromatic rings. The minimum absolute atomic E-state index is 0.0937. The summed E-state index contributed by atoms with van der Waals surface area (Å²) in [6, 6.07) is 10.0. The van der Waals surface area contributed by atoms with Crippen molar-refractivity contribution in [3.63, 3.8) is 0 Å². The molecule has 0 spiro atoms. The maximum atomic E-state index is 13.9. The Morgan fingerprint density at radius 1 is 1.39 bits per heavy atom. The van der Waals surface area contributed by atoms with Crippen LogP contribution in [0.1, 0.15) is 41.2 Å². The Morgan fingerprint density at radius 2 is 2.11 bits per heavy atom. The van der Waals surface area contributed by atoms with E-state index in [0.29, 0.717) is 11.7 Å². The van der Waals surface area contributed by atoms with Crippen LogP contribution in [0.25, 0.3) is 0 Å². The van der Waals surface area contributed by atoms with Gasteiger partial charge in [0.1, 0.15) is 10.6 Å². The van der Waals surface area contributed by atoms with E-state index in [0.717, 1.165) is 36.9 Å². The summed E-state index contributed by atoms with van der Waals surface area (Å²) < 4.78 is 33.5. The van der Waals surface area contributed by atoms with Crippen molar-refractivity contribution in [3.05, 3.63) is 57.6 Å². The zero-order valence-electron chi connectivity index (χ0n) is 15.8. The summed E-state index contributed by atoms with van der Waals surface area (Å²) in [5.41, 5.74) is 0. The third-order valence-corrected chi connectivity index (χ3v) is 6.25. The zero-order valence-corrected chi connectivity index (χ0v) is 17.4. The van der Waals surface area contributed by atoms with Gasteiger partial charge in [0.15, 0.2) is 5.75 Å². The molecule has 0 saturated heterocycles. The topological polar surface area (TPSA) is 38.3 Å². The predicted molar refractivity (Wildman–Crippen MR) is 112 cm³/mol. The Morgan fingerprint density at radius 3 is 2.71 bits per heavy atom. The van der Waals surface area contributed by atoms with E-state index in [1.165, 1.54) is 6.07 Å². The van der Waals surface area contributed by atoms with Crippen LogP contribution >= 0.6 is 23.1 Å². The Kier molecular flexibility index (Phi) is 6.78. The van der Waals surface area contributed by atoms with E-state index in [2.05, 4.69) is 12.2 Å². The number of amides is 1. The molecule has 3 rings (SSSR count). The van der Waals surface area contributed by atoms with Crippen molar-refractivity contribution < 1.29 is 18.3 Å². The van der Waals surface area contributed by atoms with Crippen LogP contribution in [0.15, 0.2) is 47.9 Å². The number of thioether (sulfide) groups is 1. The molecule has 1 aliphatic carbocycles. The quantitative estimate of drug-likeness (QED) is 0.505. The molecule has 1 aliphatic rings. The minimum Gasteiger partial charge on any atom is -0.456 e. The molecule has 3 nitrogen and oxygen atoms in total. The van der Waals surface area contributed by atoms with E-state index in [1.807, 2.05) is 17.6 Å². The van der Waals surface area contributed by atoms with E-state index in [-0.39, 0.29) is 27.5 Å². The number of nitrogens with one attached hydrogen (secondary N) is 1. The molecule has 1 atom stereocenters. The summed E-state index contributed by atoms with van der Waals surface area (Å²) in [6.07, 6.45) is 4.11. The standard InChI is InChI=1S/C21H23F2NO2S2/c1-3-27-12-11-16(14-9-10-14)24-20(25)19-17(13-18(28-19)21(2,22)23)26-15-7-5-4-6-8-15/h4-8,11-14,16H,3,9-10H2,1-2H3,(H,24,25)/b12-11+. The third kappa shape index (κ3) is 5.58. The van der Waals surface area contributed by atoms with E-state index < -0.39 is 5.92 Å². The molecule has 1 unspecified atom stereocenters. The summed E-state index contributed by atoms with van der Waals surface area (Å²) in [5.74, 6) is -1.40. The number of alkyl halides is 2. The van der Waals surface area contributed by atoms with Crippen LogP contribution in [0.5, 0.6) is 11.5 Å². The second kappa shape index (κ2) is 9.09. The van der Waals surface area contributed by atoms with Gasteiger partial charge in [-0.1, -0.05) is 31.2 Å². The number of para-hydroxylation sites is 1. The van der Waals surface area contributed by atoms with E-state index in [9.17, 15) is 13.6 Å². The molecule has 1 N–H and O–H groups in total. The Labute approximate surface area is 172 Å². The van der Waals surface area contributed by atoms with Gasteiger partial charge in [-0.2, -0.15) is 0 Å². The molecule has 0 bridgehead atoms. The molecule has 1 saturated carbocycles. The smallest absolute Gasteiger partial charge is 0.279 e. The average Bonchev–Trinajstić information content (AvgIpc) is 3.41. The monoisotopic (exact) mass is 423 g/mol. The van der Waals surface area contributed by atoms with Gasteiger partial charge < -0.3 is 10.1 Å². The SMILES string of the molecule is CCS/C=C/C(NC(=O)c1sc(C(C)(F)F)cc1Oc1ccccc1)C1CC1. The number of rotatable bonds is 9. The zero-order chi connectivity index (χ0) is 20.1. The van der Waals surface area contributed by atoms with Gasteiger partial charge in [0.05, 0.1) is 10.9 Å². The first-order valence-corrected chi connectivity index (χ1v) is 11.1. The van der Waals surface area contributed by atoms with Crippen molar-refractivity contribution in [1.29, 1.82) is 0 Å². The number of benzene rings is 1. The molecule has 0 radical (unpaired) electrons. The van der Waals surface area contributed by atoms with Gasteiger partial charge in [-0.15, -0.1) is 23.1 Å². The molecule has 28 heavy (non-hydrogen) atoms. The first-order valence-electron chi connectivity index (χ1n) is 9.22. The van der Waals surface area contributed by atoms with Crippen LogP contribution in [0.2, 0.25) is 0 Å². The lowest BCUT2D eigenvalue weighted by molar-refractivity contribution is 0.0214. The van der Waals surface area contributed by atoms with Crippen molar-refractivity contribution in [2.24, 2.45) is 5.92 Å². The first-order chi connectivity index (χ1) is 13.4. The van der Waals surface area contributed by atoms with Crippen LogP contribution in [0.3, 0.4) is 0 Å². The molecule has 1 aromatic carbocycles. The van der Waals surface area contributed by atoms with Gasteiger partial charge in [0, 0.05) is 13.0 Å². The molecular weight excluding hydrogens is 400 g/mol. The summed E-state index contributed by atoms with van der Waals surface area (Å²) in [6.45, 7) is 2.88. The fraction of sp³-hybridized carbons (Fsp3) is 0.381. The van der Waals surface area contributed by atoms with E-state index in [1.54, 1.807) is 36.0 Å². The van der Waals surface area contributed by atoms with Crippen LogP contribution in [-0.2, 0) is 5.92 Å². The lowest BCUT2D eigenvalue weighted by Crippen LogP contribution is -2.34. The van der Waals surface area contributed by atoms with Crippen LogP contribution in [-0.4, -0.2) is 17.7 Å². The van der Waals surface area contributed by atoms with Gasteiger partial charge in [-0.3, -0.25) is 4.79 Å². The van der Waals surface area contributed by atoms with Gasteiger partial charge in [-0.25, -0.2) is 8.78 Å². The Balaban J connectivity index is 1.83. The molecule has 1 amide bonds. The van der Waals surface area contributed by atoms with Crippen molar-refractivity contribution in [2.75, 3.05) is 5.75 Å². The number of thiophene rings is 1. The summed E-state index contributed by atoms with van der Waals surface area (Å²) in [5, 5.41) is 4.98. The molecule has 7 heteroatoms. The number of halogens is 2. The number of hydrogen-bond donors (Lipinski definition) is 1. The molecule has 150 valence electrons. The summed E-state index contributed by atoms with van der Waals surface area (Å²) in [4.78, 5) is 12.9. The van der Waals surface area contributed by atoms with Crippen LogP contribution < -0.4 is 10.1 Å². The maximum absolute atomic E-state index is 13.9. The van der Waals surface area contributed by atoms with Gasteiger partial charge in [0.2, 0.25) is 0 Å². The minimum atomic E-state index is -3.04. The highest BCUT2D eigenvalue weighted by Crippen LogP contribution is 2.41. The molecule has 0 aliphatic heterocycles. The highest BCUT2D eigenvalue weighted by atomic mass is 32.2. The van der Waals surface area contributed by atoms with Crippen molar-refractivity contribution in [3.8, 4) is 11.5 Å². The summed E-state index contributed by atoms with van der Waals surface area (Å²) >= 11 is 2.44. The average molecular weight is 424 g/mol. The summed E-state index contributed by atoms with van der Waals surface area (Å²) in [7, 11) is 0. The van der Waals surface area contributed by atoms with E-state index >= 15 is 0 Å². The van der Waals surface area contributed by atoms with Crippen molar-refractivity contribution in [2.45, 2.75) is 38.7 Å². The normalized spacial score (nSPS) is 15.6. The van der Waals surface area contributed by atoms with Gasteiger partial charge >= 0.3 is 0 Å². The number of hydrogen-bond acceptors (Lipinski definition) is 4.